The molecular formula is C21H25ClN2O3S2. The van der Waals surface area contributed by atoms with Gasteiger partial charge in [-0.05, 0) is 56.2 Å². The van der Waals surface area contributed by atoms with Gasteiger partial charge in [0.2, 0.25) is 15.9 Å². The highest BCUT2D eigenvalue weighted by Gasteiger charge is 2.33. The summed E-state index contributed by atoms with van der Waals surface area (Å²) in [5.74, 6) is 0.348. The van der Waals surface area contributed by atoms with E-state index in [9.17, 15) is 13.2 Å². The molecule has 0 saturated carbocycles. The number of halogens is 1. The van der Waals surface area contributed by atoms with Crippen LogP contribution in [0.2, 0.25) is 5.02 Å². The first-order valence-corrected chi connectivity index (χ1v) is 12.4. The normalized spacial score (nSPS) is 17.8. The number of rotatable bonds is 7. The Morgan fingerprint density at radius 3 is 2.55 bits per heavy atom. The Bertz CT molecular complexity index is 931. The number of nitrogens with zero attached hydrogens (tertiary/aromatic N) is 1. The highest BCUT2D eigenvalue weighted by atomic mass is 35.5. The maximum atomic E-state index is 12.9. The Kier molecular flexibility index (Phi) is 7.62. The zero-order chi connectivity index (χ0) is 20.9. The highest BCUT2D eigenvalue weighted by molar-refractivity contribution is 7.99. The van der Waals surface area contributed by atoms with Gasteiger partial charge in [-0.15, -0.1) is 11.8 Å². The molecule has 0 aliphatic carbocycles. The van der Waals surface area contributed by atoms with Crippen LogP contribution < -0.4 is 5.32 Å². The lowest BCUT2D eigenvalue weighted by Crippen LogP contribution is -2.45. The third kappa shape index (κ3) is 5.98. The van der Waals surface area contributed by atoms with Crippen LogP contribution in [0.15, 0.2) is 58.3 Å². The van der Waals surface area contributed by atoms with Gasteiger partial charge in [-0.2, -0.15) is 4.31 Å². The van der Waals surface area contributed by atoms with Crippen LogP contribution in [0.25, 0.3) is 0 Å². The van der Waals surface area contributed by atoms with E-state index in [-0.39, 0.29) is 23.3 Å². The average molecular weight is 453 g/mol. The molecule has 3 rings (SSSR count). The van der Waals surface area contributed by atoms with Crippen molar-refractivity contribution in [2.24, 2.45) is 5.92 Å². The van der Waals surface area contributed by atoms with Crippen molar-refractivity contribution in [3.8, 4) is 0 Å². The number of carbonyl (C=O) groups excluding carboxylic acids is 1. The van der Waals surface area contributed by atoms with Crippen LogP contribution in [0.3, 0.4) is 0 Å². The molecule has 1 aliphatic rings. The van der Waals surface area contributed by atoms with Crippen LogP contribution in [-0.2, 0) is 14.8 Å². The van der Waals surface area contributed by atoms with Crippen molar-refractivity contribution in [3.05, 3.63) is 59.1 Å². The number of carbonyl (C=O) groups is 1. The fraction of sp³-hybridized carbons (Fsp3) is 0.381. The number of piperidine rings is 1. The second-order valence-corrected chi connectivity index (χ2v) is 10.7. The van der Waals surface area contributed by atoms with Crippen LogP contribution in [0.5, 0.6) is 0 Å². The summed E-state index contributed by atoms with van der Waals surface area (Å²) in [6.07, 6.45) is 1.39. The molecule has 156 valence electrons. The highest BCUT2D eigenvalue weighted by Crippen LogP contribution is 2.24. The van der Waals surface area contributed by atoms with Crippen molar-refractivity contribution in [2.45, 2.75) is 29.6 Å². The molecule has 1 fully saturated rings. The number of nitrogens with one attached hydrogen (secondary N) is 1. The lowest BCUT2D eigenvalue weighted by molar-refractivity contribution is -0.125. The molecule has 0 aromatic heterocycles. The minimum absolute atomic E-state index is 0.0782. The number of hydrogen-bond donors (Lipinski definition) is 1. The van der Waals surface area contributed by atoms with Crippen molar-refractivity contribution >= 4 is 39.3 Å². The third-order valence-corrected chi connectivity index (χ3v) is 8.04. The molecule has 0 radical (unpaired) electrons. The quantitative estimate of drug-likeness (QED) is 0.510. The number of amides is 1. The Labute approximate surface area is 181 Å². The summed E-state index contributed by atoms with van der Waals surface area (Å²) in [4.78, 5) is 13.9. The summed E-state index contributed by atoms with van der Waals surface area (Å²) in [6, 6.07) is 14.4. The van der Waals surface area contributed by atoms with E-state index < -0.39 is 10.0 Å². The van der Waals surface area contributed by atoms with E-state index in [2.05, 4.69) is 5.32 Å². The predicted molar refractivity (Wildman–Crippen MR) is 118 cm³/mol. The zero-order valence-electron chi connectivity index (χ0n) is 16.3. The molecule has 1 heterocycles. The molecule has 1 saturated heterocycles. The van der Waals surface area contributed by atoms with Crippen LogP contribution in [-0.4, -0.2) is 44.0 Å². The molecule has 2 aromatic carbocycles. The van der Waals surface area contributed by atoms with E-state index in [4.69, 9.17) is 11.6 Å². The summed E-state index contributed by atoms with van der Waals surface area (Å²) in [5.41, 5.74) is 1.01. The molecule has 2 aromatic rings. The number of thioether (sulfide) groups is 1. The number of hydrogen-bond acceptors (Lipinski definition) is 4. The van der Waals surface area contributed by atoms with Crippen LogP contribution in [0, 0.1) is 12.8 Å². The van der Waals surface area contributed by atoms with Crippen molar-refractivity contribution in [3.63, 3.8) is 0 Å². The lowest BCUT2D eigenvalue weighted by Gasteiger charge is -2.31. The predicted octanol–water partition coefficient (Wildman–Crippen LogP) is 3.96. The van der Waals surface area contributed by atoms with Crippen molar-refractivity contribution in [1.29, 1.82) is 0 Å². The smallest absolute Gasteiger partial charge is 0.243 e. The molecular weight excluding hydrogens is 428 g/mol. The Balaban J connectivity index is 1.51. The largest absolute Gasteiger partial charge is 0.355 e. The fourth-order valence-corrected chi connectivity index (χ4v) is 5.67. The van der Waals surface area contributed by atoms with E-state index in [0.717, 1.165) is 16.2 Å². The second-order valence-electron chi connectivity index (χ2n) is 7.11. The van der Waals surface area contributed by atoms with E-state index >= 15 is 0 Å². The first-order chi connectivity index (χ1) is 13.9. The van der Waals surface area contributed by atoms with Gasteiger partial charge in [0.05, 0.1) is 10.8 Å². The van der Waals surface area contributed by atoms with E-state index in [1.54, 1.807) is 36.0 Å². The lowest BCUT2D eigenvalue weighted by atomic mass is 9.99. The van der Waals surface area contributed by atoms with Crippen LogP contribution >= 0.6 is 23.4 Å². The average Bonchev–Trinajstić information content (AvgIpc) is 2.73. The van der Waals surface area contributed by atoms with E-state index in [1.807, 2.05) is 31.2 Å². The zero-order valence-corrected chi connectivity index (χ0v) is 18.7. The second kappa shape index (κ2) is 9.98. The minimum Gasteiger partial charge on any atom is -0.355 e. The molecule has 1 atom stereocenters. The maximum absolute atomic E-state index is 12.9. The van der Waals surface area contributed by atoms with Gasteiger partial charge in [-0.25, -0.2) is 8.42 Å². The first kappa shape index (κ1) is 22.2. The van der Waals surface area contributed by atoms with Gasteiger partial charge < -0.3 is 5.32 Å². The maximum Gasteiger partial charge on any atom is 0.243 e. The summed E-state index contributed by atoms with van der Waals surface area (Å²) in [5, 5.41) is 3.65. The summed E-state index contributed by atoms with van der Waals surface area (Å²) in [7, 11) is -3.57. The standard InChI is InChI=1S/C21H25ClN2O3S2/c1-16-4-10-20(11-5-16)29(26,27)24-13-2-3-17(15-24)21(25)23-12-14-28-19-8-6-18(22)7-9-19/h4-11,17H,2-3,12-15H2,1H3,(H,23,25)/t17-/m0/s1. The summed E-state index contributed by atoms with van der Waals surface area (Å²) >= 11 is 7.52. The van der Waals surface area contributed by atoms with Gasteiger partial charge in [0.1, 0.15) is 0 Å². The number of aryl methyl sites for hydroxylation is 1. The van der Waals surface area contributed by atoms with Gasteiger partial charge in [-0.3, -0.25) is 4.79 Å². The molecule has 1 aliphatic heterocycles. The van der Waals surface area contributed by atoms with E-state index in [0.29, 0.717) is 31.0 Å². The molecule has 0 bridgehead atoms. The number of sulfonamides is 1. The molecule has 1 amide bonds. The Morgan fingerprint density at radius 2 is 1.86 bits per heavy atom. The third-order valence-electron chi connectivity index (χ3n) is 4.90. The topological polar surface area (TPSA) is 66.5 Å². The molecule has 8 heteroatoms. The van der Waals surface area contributed by atoms with Gasteiger partial charge in [0.15, 0.2) is 0 Å². The van der Waals surface area contributed by atoms with E-state index in [1.165, 1.54) is 4.31 Å². The minimum atomic E-state index is -3.57. The monoisotopic (exact) mass is 452 g/mol. The van der Waals surface area contributed by atoms with Crippen molar-refractivity contribution in [2.75, 3.05) is 25.4 Å². The molecule has 0 spiro atoms. The molecule has 29 heavy (non-hydrogen) atoms. The van der Waals surface area contributed by atoms with Crippen molar-refractivity contribution in [1.82, 2.24) is 9.62 Å². The number of benzene rings is 2. The SMILES string of the molecule is Cc1ccc(S(=O)(=O)N2CCC[C@H](C(=O)NCCSc3ccc(Cl)cc3)C2)cc1. The van der Waals surface area contributed by atoms with Gasteiger partial charge in [-0.1, -0.05) is 29.3 Å². The van der Waals surface area contributed by atoms with Gasteiger partial charge in [0, 0.05) is 35.3 Å². The molecule has 5 nitrogen and oxygen atoms in total. The Morgan fingerprint density at radius 1 is 1.17 bits per heavy atom. The summed E-state index contributed by atoms with van der Waals surface area (Å²) < 4.78 is 27.2. The van der Waals surface area contributed by atoms with Crippen LogP contribution in [0.1, 0.15) is 18.4 Å². The van der Waals surface area contributed by atoms with Gasteiger partial charge in [0.25, 0.3) is 0 Å². The molecule has 0 unspecified atom stereocenters. The molecule has 1 N–H and O–H groups in total. The first-order valence-electron chi connectivity index (χ1n) is 9.59. The van der Waals surface area contributed by atoms with Gasteiger partial charge >= 0.3 is 0 Å². The van der Waals surface area contributed by atoms with Crippen LogP contribution in [0.4, 0.5) is 0 Å². The fourth-order valence-electron chi connectivity index (χ4n) is 3.25. The Hall–Kier alpha value is -1.54. The van der Waals surface area contributed by atoms with Crippen molar-refractivity contribution < 1.29 is 13.2 Å². The summed E-state index contributed by atoms with van der Waals surface area (Å²) in [6.45, 7) is 3.13.